The molecule has 27 heavy (non-hydrogen) atoms. The monoisotopic (exact) mass is 499 g/mol. The van der Waals surface area contributed by atoms with Crippen LogP contribution in [0, 0.1) is 20.2 Å². The molecule has 0 saturated heterocycles. The number of nitrogens with one attached hydrogen (secondary N) is 2. The van der Waals surface area contributed by atoms with Gasteiger partial charge < -0.3 is 24.2 Å². The summed E-state index contributed by atoms with van der Waals surface area (Å²) in [4.78, 5) is 0. The molecule has 11 heteroatoms. The molecule has 0 amide bonds. The van der Waals surface area contributed by atoms with Crippen molar-refractivity contribution in [3.05, 3.63) is 46.9 Å². The number of aromatic nitrogens is 2. The molecule has 0 spiro atoms. The Morgan fingerprint density at radius 2 is 1.85 bits per heavy atom. The van der Waals surface area contributed by atoms with Crippen LogP contribution in [0.2, 0.25) is 0 Å². The van der Waals surface area contributed by atoms with E-state index in [0.29, 0.717) is 11.6 Å². The minimum atomic E-state index is -3.40. The van der Waals surface area contributed by atoms with Gasteiger partial charge in [-0.15, -0.1) is 10.2 Å². The second-order valence-electron chi connectivity index (χ2n) is 5.04. The highest BCUT2D eigenvalue weighted by Gasteiger charge is 2.14. The molecular formula is C16H15Br2N5O4. The third kappa shape index (κ3) is 5.58. The second-order valence-corrected chi connectivity index (χ2v) is 6.73. The lowest BCUT2D eigenvalue weighted by Gasteiger charge is -2.12. The fourth-order valence-electron chi connectivity index (χ4n) is 2.34. The Morgan fingerprint density at radius 1 is 1.22 bits per heavy atom. The number of hydrogen-bond donors (Lipinski definition) is 4. The average molecular weight is 501 g/mol. The van der Waals surface area contributed by atoms with Gasteiger partial charge in [-0.2, -0.15) is 0 Å². The SMILES string of the molecule is COc1cc2c(NC(=N)N)nnc(-c3ccccc3)c2cc1Br.[O-][Br+2]([O-])O. The van der Waals surface area contributed by atoms with Crippen molar-refractivity contribution in [3.8, 4) is 17.0 Å². The number of benzene rings is 2. The lowest BCUT2D eigenvalue weighted by Crippen LogP contribution is -2.30. The van der Waals surface area contributed by atoms with Crippen molar-refractivity contribution in [1.82, 2.24) is 10.2 Å². The molecule has 0 radical (unpaired) electrons. The zero-order chi connectivity index (χ0) is 20.0. The van der Waals surface area contributed by atoms with E-state index in [4.69, 9.17) is 28.5 Å². The van der Waals surface area contributed by atoms with E-state index in [2.05, 4.69) is 31.4 Å². The number of nitrogens with zero attached hydrogens (tertiary/aromatic N) is 2. The van der Waals surface area contributed by atoms with Gasteiger partial charge >= 0.3 is 14.8 Å². The van der Waals surface area contributed by atoms with Gasteiger partial charge in [0.25, 0.3) is 0 Å². The second kappa shape index (κ2) is 9.58. The van der Waals surface area contributed by atoms with Gasteiger partial charge in [-0.1, -0.05) is 30.3 Å². The van der Waals surface area contributed by atoms with E-state index in [9.17, 15) is 0 Å². The van der Waals surface area contributed by atoms with Gasteiger partial charge in [0.1, 0.15) is 11.4 Å². The molecular weight excluding hydrogens is 486 g/mol. The number of guanidine groups is 1. The summed E-state index contributed by atoms with van der Waals surface area (Å²) in [5.74, 6) is 0.879. The van der Waals surface area contributed by atoms with E-state index < -0.39 is 14.8 Å². The van der Waals surface area contributed by atoms with Crippen LogP contribution in [0.25, 0.3) is 22.0 Å². The number of ether oxygens (including phenoxy) is 1. The van der Waals surface area contributed by atoms with Crippen molar-refractivity contribution in [2.24, 2.45) is 5.73 Å². The van der Waals surface area contributed by atoms with Crippen molar-refractivity contribution in [2.75, 3.05) is 12.4 Å². The summed E-state index contributed by atoms with van der Waals surface area (Å²) in [6, 6.07) is 13.6. The van der Waals surface area contributed by atoms with E-state index in [1.165, 1.54) is 0 Å². The molecule has 2 aromatic carbocycles. The minimum Gasteiger partial charge on any atom is -0.496 e. The minimum absolute atomic E-state index is 0.199. The largest absolute Gasteiger partial charge is 0.496 e. The molecule has 1 aromatic heterocycles. The van der Waals surface area contributed by atoms with Crippen LogP contribution in [0.4, 0.5) is 5.82 Å². The fourth-order valence-corrected chi connectivity index (χ4v) is 2.84. The maximum atomic E-state index is 8.63. The van der Waals surface area contributed by atoms with Crippen LogP contribution in [0.3, 0.4) is 0 Å². The zero-order valence-electron chi connectivity index (χ0n) is 13.9. The maximum Gasteiger partial charge on any atom is 0.433 e. The van der Waals surface area contributed by atoms with Crippen LogP contribution < -0.4 is 24.2 Å². The van der Waals surface area contributed by atoms with Gasteiger partial charge in [0.15, 0.2) is 11.8 Å². The molecule has 0 bridgehead atoms. The summed E-state index contributed by atoms with van der Waals surface area (Å²) >= 11 is 0.103. The molecule has 0 fully saturated rings. The van der Waals surface area contributed by atoms with Crippen LogP contribution >= 0.6 is 15.9 Å². The average Bonchev–Trinajstić information content (AvgIpc) is 2.61. The molecule has 5 N–H and O–H groups in total. The molecule has 1 heterocycles. The first kappa shape index (κ1) is 21.0. The molecule has 0 aliphatic rings. The normalized spacial score (nSPS) is 10.3. The number of nitrogens with two attached hydrogens (primary N) is 1. The topological polar surface area (TPSA) is 163 Å². The van der Waals surface area contributed by atoms with Crippen LogP contribution in [0.1, 0.15) is 0 Å². The number of halogens is 2. The Balaban J connectivity index is 0.000000596. The Morgan fingerprint density at radius 3 is 2.41 bits per heavy atom. The van der Waals surface area contributed by atoms with Crippen molar-refractivity contribution < 1.29 is 32.1 Å². The summed E-state index contributed by atoms with van der Waals surface area (Å²) in [5, 5.41) is 20.3. The lowest BCUT2D eigenvalue weighted by molar-refractivity contribution is -1.63. The third-order valence-corrected chi connectivity index (χ3v) is 3.97. The summed E-state index contributed by atoms with van der Waals surface area (Å²) in [6.07, 6.45) is 0. The van der Waals surface area contributed by atoms with Crippen LogP contribution in [-0.2, 0) is 0 Å². The summed E-state index contributed by atoms with van der Waals surface area (Å²) in [5.41, 5.74) is 7.13. The van der Waals surface area contributed by atoms with Gasteiger partial charge in [-0.05, 0) is 32.3 Å². The molecule has 3 rings (SSSR count). The van der Waals surface area contributed by atoms with Gasteiger partial charge in [0.05, 0.1) is 11.6 Å². The quantitative estimate of drug-likeness (QED) is 0.297. The zero-order valence-corrected chi connectivity index (χ0v) is 17.1. The van der Waals surface area contributed by atoms with Gasteiger partial charge in [-0.3, -0.25) is 5.41 Å². The molecule has 0 saturated carbocycles. The molecule has 0 unspecified atom stereocenters. The van der Waals surface area contributed by atoms with Crippen molar-refractivity contribution >= 4 is 38.5 Å². The number of hydrogen-bond acceptors (Lipinski definition) is 7. The van der Waals surface area contributed by atoms with Crippen molar-refractivity contribution in [3.63, 3.8) is 0 Å². The van der Waals surface area contributed by atoms with Crippen molar-refractivity contribution in [1.29, 1.82) is 5.41 Å². The van der Waals surface area contributed by atoms with Gasteiger partial charge in [0.2, 0.25) is 0 Å². The molecule has 0 atom stereocenters. The van der Waals surface area contributed by atoms with Gasteiger partial charge in [0, 0.05) is 16.3 Å². The highest BCUT2D eigenvalue weighted by Crippen LogP contribution is 2.36. The van der Waals surface area contributed by atoms with E-state index in [0.717, 1.165) is 26.5 Å². The van der Waals surface area contributed by atoms with E-state index in [-0.39, 0.29) is 5.96 Å². The van der Waals surface area contributed by atoms with Crippen LogP contribution in [-0.4, -0.2) is 27.5 Å². The summed E-state index contributed by atoms with van der Waals surface area (Å²) < 4.78 is 30.5. The van der Waals surface area contributed by atoms with E-state index in [1.807, 2.05) is 42.5 Å². The Kier molecular flexibility index (Phi) is 7.45. The standard InChI is InChI=1S/C16H14BrN5O.BrHO3/c1-23-13-8-11-10(7-12(13)17)14(9-5-3-2-4-6-9)21-22-15(11)20-16(18)19;2-1(3)4/h2-8H,1H3,(H4,18,19,20,22);2H. The fraction of sp³-hybridized carbons (Fsp3) is 0.0625. The molecule has 3 aromatic rings. The predicted octanol–water partition coefficient (Wildman–Crippen LogP) is 0.438. The van der Waals surface area contributed by atoms with Crippen molar-refractivity contribution in [2.45, 2.75) is 0 Å². The lowest BCUT2D eigenvalue weighted by atomic mass is 10.0. The Hall–Kier alpha value is -2.31. The highest BCUT2D eigenvalue weighted by atomic mass is 80.0. The molecule has 0 aliphatic heterocycles. The highest BCUT2D eigenvalue weighted by molar-refractivity contribution is 9.10. The molecule has 9 nitrogen and oxygen atoms in total. The smallest absolute Gasteiger partial charge is 0.433 e. The Bertz CT molecular complexity index is 938. The molecule has 0 aliphatic carbocycles. The number of anilines is 1. The van der Waals surface area contributed by atoms with Gasteiger partial charge in [-0.25, -0.2) is 0 Å². The van der Waals surface area contributed by atoms with E-state index in [1.54, 1.807) is 7.11 Å². The first-order valence-corrected chi connectivity index (χ1v) is 10.1. The number of rotatable bonds is 3. The number of methoxy groups -OCH3 is 1. The Labute approximate surface area is 168 Å². The summed E-state index contributed by atoms with van der Waals surface area (Å²) in [6.45, 7) is 0. The van der Waals surface area contributed by atoms with Crippen LogP contribution in [0.5, 0.6) is 5.75 Å². The molecule has 142 valence electrons. The number of fused-ring (bicyclic) bond motifs is 1. The summed E-state index contributed by atoms with van der Waals surface area (Å²) in [7, 11) is 1.59. The first-order valence-electron chi connectivity index (χ1n) is 7.28. The van der Waals surface area contributed by atoms with Crippen LogP contribution in [0.15, 0.2) is 46.9 Å². The maximum absolute atomic E-state index is 8.63. The third-order valence-electron chi connectivity index (χ3n) is 3.35. The predicted molar refractivity (Wildman–Crippen MR) is 97.0 cm³/mol. The first-order chi connectivity index (χ1) is 12.8. The van der Waals surface area contributed by atoms with E-state index >= 15 is 0 Å².